The number of benzene rings is 4. The lowest BCUT2D eigenvalue weighted by molar-refractivity contribution is -0.167. The van der Waals surface area contributed by atoms with Gasteiger partial charge in [0.25, 0.3) is 0 Å². The molecule has 0 aromatic heterocycles. The van der Waals surface area contributed by atoms with Crippen molar-refractivity contribution >= 4 is 77.6 Å². The molecule has 0 spiro atoms. The first-order chi connectivity index (χ1) is 42.9. The van der Waals surface area contributed by atoms with Crippen LogP contribution < -0.4 is 0 Å². The number of hydrogen-bond acceptors (Lipinski definition) is 21. The average molecular weight is 1250 g/mol. The highest BCUT2D eigenvalue weighted by atomic mass is 16.6. The zero-order chi connectivity index (χ0) is 65.7. The third-order valence-corrected chi connectivity index (χ3v) is 17.6. The van der Waals surface area contributed by atoms with E-state index < -0.39 is 75.9 Å². The minimum absolute atomic E-state index is 0.0666. The Morgan fingerprint density at radius 2 is 0.549 bits per heavy atom. The normalized spacial score (nSPS) is 26.0. The van der Waals surface area contributed by atoms with Crippen molar-refractivity contribution < 1.29 is 100 Å². The molecule has 0 saturated carbocycles. The highest BCUT2D eigenvalue weighted by molar-refractivity contribution is 6.00. The van der Waals surface area contributed by atoms with E-state index in [0.29, 0.717) is 55.8 Å². The van der Waals surface area contributed by atoms with Crippen LogP contribution in [0.2, 0.25) is 0 Å². The summed E-state index contributed by atoms with van der Waals surface area (Å²) in [6.07, 6.45) is 4.08. The predicted octanol–water partition coefficient (Wildman–Crippen LogP) is 10.1. The van der Waals surface area contributed by atoms with Crippen LogP contribution in [0.5, 0.6) is 0 Å². The Labute approximate surface area is 523 Å². The molecule has 91 heavy (non-hydrogen) atoms. The molecule has 0 bridgehead atoms. The molecule has 5 atom stereocenters. The molecule has 21 heteroatoms. The van der Waals surface area contributed by atoms with E-state index in [1.54, 1.807) is 13.8 Å². The molecule has 474 valence electrons. The van der Waals surface area contributed by atoms with Crippen LogP contribution in [0.15, 0.2) is 134 Å². The fourth-order valence-electron chi connectivity index (χ4n) is 12.9. The number of cyclic esters (lactones) is 13. The van der Waals surface area contributed by atoms with E-state index in [2.05, 4.69) is 43.4 Å². The van der Waals surface area contributed by atoms with E-state index in [1.807, 2.05) is 111 Å². The molecule has 8 aliphatic rings. The molecule has 8 heterocycles. The van der Waals surface area contributed by atoms with Crippen molar-refractivity contribution in [3.8, 4) is 11.1 Å². The minimum atomic E-state index is -1.05. The summed E-state index contributed by atoms with van der Waals surface area (Å²) in [5, 5.41) is 0. The van der Waals surface area contributed by atoms with Gasteiger partial charge in [0.2, 0.25) is 0 Å². The van der Waals surface area contributed by atoms with Crippen LogP contribution in [-0.4, -0.2) is 77.6 Å². The van der Waals surface area contributed by atoms with Crippen LogP contribution in [0, 0.1) is 10.8 Å². The maximum Gasteiger partial charge on any atom is 0.320 e. The summed E-state index contributed by atoms with van der Waals surface area (Å²) in [5.74, 6) is -4.69. The number of hydrogen-bond donors (Lipinski definition) is 0. The van der Waals surface area contributed by atoms with Crippen LogP contribution in [-0.2, 0) is 111 Å². The van der Waals surface area contributed by atoms with Crippen molar-refractivity contribution in [1.29, 1.82) is 0 Å². The largest absolute Gasteiger partial charge is 0.432 e. The third kappa shape index (κ3) is 16.2. The Kier molecular flexibility index (Phi) is 19.3. The number of ether oxygens (including phenoxy) is 8. The van der Waals surface area contributed by atoms with Gasteiger partial charge in [-0.1, -0.05) is 131 Å². The van der Waals surface area contributed by atoms with Crippen molar-refractivity contribution in [3.05, 3.63) is 167 Å². The first-order valence-electron chi connectivity index (χ1n) is 29.7. The van der Waals surface area contributed by atoms with Crippen molar-refractivity contribution in [2.45, 2.75) is 159 Å². The monoisotopic (exact) mass is 1240 g/mol. The quantitative estimate of drug-likeness (QED) is 0.0854. The number of esters is 13. The van der Waals surface area contributed by atoms with E-state index in [-0.39, 0.29) is 105 Å². The Bertz CT molecular complexity index is 3370. The van der Waals surface area contributed by atoms with Crippen LogP contribution in [0.25, 0.3) is 11.1 Å². The predicted molar refractivity (Wildman–Crippen MR) is 317 cm³/mol. The molecule has 4 aromatic carbocycles. The van der Waals surface area contributed by atoms with Gasteiger partial charge in [-0.15, -0.1) is 0 Å². The fraction of sp³-hybridized carbons (Fsp3) is 0.386. The molecule has 21 nitrogen and oxygen atoms in total. The zero-order valence-corrected chi connectivity index (χ0v) is 50.8. The number of carbonyl (C=O) groups excluding carboxylic acids is 13. The fourth-order valence-corrected chi connectivity index (χ4v) is 12.9. The molecule has 8 aliphatic heterocycles. The standard InChI is InChI=1S/C23H20O5.C19H20O5.C17H16O5.C11H12O6/c1-14-10-19(11-21(24)27-14)17-6-2-15(3-7-17)16-4-8-18(9-5-16)20-12-22(25)28-23(26)13-20;1-12-8-18(2,9-15(20)23-12)13-4-6-14(7-5-13)19(3)10-16(21)24-17(22)11-19;1-10-6-13(7-15(18)21-10)11-2-4-12(5-3-11)14-8-16(19)22-17(20)9-14;1-10(3-6(12)16-8(10)14)5-11(2)4-7(13)17-9(11)15/h2-9,19-20H,1,10-13H2;4-7H,1,8-11H2,2-3H3;2-5,13-14H,1,6-9H2;3-5H2,1-2H3. The Morgan fingerprint density at radius 3 is 0.846 bits per heavy atom. The summed E-state index contributed by atoms with van der Waals surface area (Å²) in [6.45, 7) is 18.3. The van der Waals surface area contributed by atoms with Gasteiger partial charge in [-0.25, -0.2) is 0 Å². The lowest BCUT2D eigenvalue weighted by Crippen LogP contribution is -2.37. The smallest absolute Gasteiger partial charge is 0.320 e. The number of allylic oxidation sites excluding steroid dienone is 3. The third-order valence-electron chi connectivity index (χ3n) is 17.6. The molecule has 4 aromatic rings. The minimum Gasteiger partial charge on any atom is -0.432 e. The van der Waals surface area contributed by atoms with E-state index in [1.165, 1.54) is 0 Å². The van der Waals surface area contributed by atoms with Gasteiger partial charge in [0.15, 0.2) is 0 Å². The molecule has 12 rings (SSSR count). The molecular formula is C70H68O21. The van der Waals surface area contributed by atoms with Gasteiger partial charge in [0.1, 0.15) is 17.3 Å². The molecule has 0 amide bonds. The second-order valence-electron chi connectivity index (χ2n) is 25.5. The van der Waals surface area contributed by atoms with Crippen molar-refractivity contribution in [2.75, 3.05) is 0 Å². The molecule has 5 unspecified atom stereocenters. The van der Waals surface area contributed by atoms with Crippen LogP contribution in [0.4, 0.5) is 0 Å². The van der Waals surface area contributed by atoms with Gasteiger partial charge in [0.05, 0.1) is 81.5 Å². The molecule has 0 N–H and O–H groups in total. The zero-order valence-electron chi connectivity index (χ0n) is 50.8. The van der Waals surface area contributed by atoms with Gasteiger partial charge in [0, 0.05) is 53.8 Å². The second kappa shape index (κ2) is 26.7. The first-order valence-corrected chi connectivity index (χ1v) is 29.7. The van der Waals surface area contributed by atoms with Crippen LogP contribution in [0.1, 0.15) is 181 Å². The first kappa shape index (κ1) is 65.7. The van der Waals surface area contributed by atoms with Crippen LogP contribution in [0.3, 0.4) is 0 Å². The molecular weight excluding hydrogens is 1180 g/mol. The molecule has 8 saturated heterocycles. The van der Waals surface area contributed by atoms with Gasteiger partial charge >= 0.3 is 77.6 Å². The van der Waals surface area contributed by atoms with Gasteiger partial charge in [-0.05, 0) is 64.8 Å². The SMILES string of the molecule is C=C1CC(C)(c2ccc(C3(C)CC(=O)OC(=O)C3)cc2)CC(=O)O1.C=C1CC(c2ccc(-c3ccc(C4CC(=O)OC(=O)C4)cc3)cc2)CC(=O)O1.C=C1CC(c2ccc(C3CC(=O)OC(=O)C3)cc2)CC(=O)O1.CC1(CC2(C)CC(=O)OC2=O)CC(=O)OC1=O. The van der Waals surface area contributed by atoms with Crippen molar-refractivity contribution in [1.82, 2.24) is 0 Å². The van der Waals surface area contributed by atoms with E-state index in [9.17, 15) is 62.3 Å². The Balaban J connectivity index is 0.000000146. The highest BCUT2D eigenvalue weighted by Gasteiger charge is 2.55. The van der Waals surface area contributed by atoms with E-state index in [0.717, 1.165) is 44.5 Å². The summed E-state index contributed by atoms with van der Waals surface area (Å²) in [5.41, 5.74) is 5.06. The van der Waals surface area contributed by atoms with Gasteiger partial charge in [-0.3, -0.25) is 62.3 Å². The molecule has 0 radical (unpaired) electrons. The summed E-state index contributed by atoms with van der Waals surface area (Å²) < 4.78 is 37.7. The number of rotatable bonds is 9. The van der Waals surface area contributed by atoms with Crippen LogP contribution >= 0.6 is 0 Å². The summed E-state index contributed by atoms with van der Waals surface area (Å²) in [6, 6.07) is 31.5. The van der Waals surface area contributed by atoms with Gasteiger partial charge in [-0.2, -0.15) is 0 Å². The van der Waals surface area contributed by atoms with Crippen molar-refractivity contribution in [3.63, 3.8) is 0 Å². The lowest BCUT2D eigenvalue weighted by atomic mass is 9.71. The summed E-state index contributed by atoms with van der Waals surface area (Å²) >= 11 is 0. The van der Waals surface area contributed by atoms with E-state index in [4.69, 9.17) is 14.2 Å². The Hall–Kier alpha value is -9.79. The second-order valence-corrected chi connectivity index (χ2v) is 25.5. The highest BCUT2D eigenvalue weighted by Crippen LogP contribution is 2.47. The lowest BCUT2D eigenvalue weighted by Gasteiger charge is -2.35. The maximum atomic E-state index is 11.7. The maximum absolute atomic E-state index is 11.7. The van der Waals surface area contributed by atoms with E-state index >= 15 is 0 Å². The topological polar surface area (TPSA) is 296 Å². The summed E-state index contributed by atoms with van der Waals surface area (Å²) in [4.78, 5) is 149. The summed E-state index contributed by atoms with van der Waals surface area (Å²) in [7, 11) is 0. The van der Waals surface area contributed by atoms with Crippen molar-refractivity contribution in [2.24, 2.45) is 10.8 Å². The average Bonchev–Trinajstić information content (AvgIpc) is 1.78. The molecule has 0 aliphatic carbocycles. The Morgan fingerprint density at radius 1 is 0.297 bits per heavy atom. The van der Waals surface area contributed by atoms with Gasteiger partial charge < -0.3 is 37.9 Å². The molecule has 8 fully saturated rings. The number of carbonyl (C=O) groups is 13.